The number of allylic oxidation sites excluding steroid dienone is 2. The van der Waals surface area contributed by atoms with Gasteiger partial charge < -0.3 is 5.11 Å². The molecule has 3 heterocycles. The Kier molecular flexibility index (Phi) is 14.6. The van der Waals surface area contributed by atoms with Crippen molar-refractivity contribution in [2.75, 3.05) is 0 Å². The minimum atomic E-state index is -0.337. The average molecular weight is 951 g/mol. The van der Waals surface area contributed by atoms with Gasteiger partial charge in [-0.2, -0.15) is 0 Å². The molecule has 0 aliphatic carbocycles. The van der Waals surface area contributed by atoms with Gasteiger partial charge in [0.2, 0.25) is 0 Å². The molecule has 3 aromatic heterocycles. The second-order valence-electron chi connectivity index (χ2n) is 17.0. The summed E-state index contributed by atoms with van der Waals surface area (Å²) in [6, 6.07) is 26.1. The minimum absolute atomic E-state index is 0. The molecular formula is C49H60IrNO2S2-. The van der Waals surface area contributed by atoms with Crippen molar-refractivity contribution in [3.05, 3.63) is 101 Å². The number of hydrogen-bond acceptors (Lipinski definition) is 5. The predicted molar refractivity (Wildman–Crippen MR) is 237 cm³/mol. The molecule has 6 rings (SSSR count). The molecule has 0 aliphatic rings. The zero-order valence-corrected chi connectivity index (χ0v) is 39.0. The Morgan fingerprint density at radius 2 is 1.51 bits per heavy atom. The van der Waals surface area contributed by atoms with Crippen LogP contribution in [0.1, 0.15) is 119 Å². The normalized spacial score (nSPS) is 12.6. The fourth-order valence-corrected chi connectivity index (χ4v) is 9.61. The molecule has 1 N–H and O–H groups in total. The second-order valence-corrected chi connectivity index (χ2v) is 19.1. The zero-order valence-electron chi connectivity index (χ0n) is 35.0. The van der Waals surface area contributed by atoms with Crippen LogP contribution in [0.4, 0.5) is 0 Å². The van der Waals surface area contributed by atoms with Gasteiger partial charge in [-0.15, -0.1) is 51.8 Å². The minimum Gasteiger partial charge on any atom is -0.512 e. The molecule has 0 unspecified atom stereocenters. The molecule has 6 heteroatoms. The summed E-state index contributed by atoms with van der Waals surface area (Å²) in [5, 5.41) is 15.2. The quantitative estimate of drug-likeness (QED) is 0.0800. The third-order valence-corrected chi connectivity index (χ3v) is 14.3. The Bertz CT molecular complexity index is 2290. The third kappa shape index (κ3) is 9.53. The van der Waals surface area contributed by atoms with E-state index in [1.165, 1.54) is 58.1 Å². The van der Waals surface area contributed by atoms with E-state index in [-0.39, 0.29) is 47.9 Å². The van der Waals surface area contributed by atoms with Gasteiger partial charge in [0, 0.05) is 68.1 Å². The molecule has 6 aromatic rings. The molecule has 0 aliphatic heterocycles. The van der Waals surface area contributed by atoms with Crippen molar-refractivity contribution in [1.82, 2.24) is 4.98 Å². The summed E-state index contributed by atoms with van der Waals surface area (Å²) in [5.41, 5.74) is 5.65. The summed E-state index contributed by atoms with van der Waals surface area (Å²) >= 11 is 3.79. The molecule has 3 nitrogen and oxygen atoms in total. The van der Waals surface area contributed by atoms with Crippen LogP contribution < -0.4 is 0 Å². The Labute approximate surface area is 352 Å². The number of hydrogen-bond donors (Lipinski definition) is 1. The third-order valence-electron chi connectivity index (χ3n) is 11.7. The van der Waals surface area contributed by atoms with Crippen molar-refractivity contribution in [3.8, 4) is 21.0 Å². The largest absolute Gasteiger partial charge is 0.512 e. The Balaban J connectivity index is 0.000000320. The topological polar surface area (TPSA) is 50.2 Å². The van der Waals surface area contributed by atoms with Crippen LogP contribution in [0.25, 0.3) is 52.0 Å². The van der Waals surface area contributed by atoms with Crippen molar-refractivity contribution in [2.24, 2.45) is 16.7 Å². The number of aliphatic hydroxyl groups excluding tert-OH is 1. The van der Waals surface area contributed by atoms with Crippen LogP contribution in [0.2, 0.25) is 0 Å². The monoisotopic (exact) mass is 951 g/mol. The number of aromatic nitrogens is 1. The Hall–Kier alpha value is -3.15. The number of thiophene rings is 2. The van der Waals surface area contributed by atoms with Crippen LogP contribution in [0.5, 0.6) is 0 Å². The van der Waals surface area contributed by atoms with Gasteiger partial charge in [0.25, 0.3) is 0 Å². The van der Waals surface area contributed by atoms with Gasteiger partial charge in [0.15, 0.2) is 5.78 Å². The number of carbonyl (C=O) groups is 1. The molecule has 0 fully saturated rings. The molecule has 3 aromatic carbocycles. The summed E-state index contributed by atoms with van der Waals surface area (Å²) < 4.78 is 2.63. The van der Waals surface area contributed by atoms with Gasteiger partial charge in [0.1, 0.15) is 5.76 Å². The summed E-state index contributed by atoms with van der Waals surface area (Å²) in [7, 11) is 0. The standard InChI is InChI=1S/C34H32NS2.C15H28O2.Ir/c1-20(2)15-22-11-12-24-19-30(36-29(24)16-22)32-21(3)26-13-14-35-31(33(26)37-32)25-17-23-9-7-8-10-27(23)28(18-25)34(4,5)6;1-7-14(5,8-2)12(16)11-13(17)15(6,9-3)10-4;/h7-14,16,18-20H,15H2,1-6H3;11,16H,7-10H2,1-6H3;/q-1;;/b;12-11-;. The molecule has 0 spiro atoms. The van der Waals surface area contributed by atoms with Gasteiger partial charge in [-0.3, -0.25) is 9.78 Å². The smallest absolute Gasteiger partial charge is 0.164 e. The molecule has 0 atom stereocenters. The molecular weight excluding hydrogens is 891 g/mol. The maximum absolute atomic E-state index is 12.2. The number of nitrogens with zero attached hydrogens (tertiary/aromatic N) is 1. The number of fused-ring (bicyclic) bond motifs is 3. The van der Waals surface area contributed by atoms with Gasteiger partial charge in [-0.05, 0) is 90.5 Å². The van der Waals surface area contributed by atoms with E-state index in [2.05, 4.69) is 108 Å². The van der Waals surface area contributed by atoms with Crippen molar-refractivity contribution in [3.63, 3.8) is 0 Å². The SMILES string of the molecule is CCC(C)(CC)C(=O)/C=C(\O)C(C)(CC)CC.Cc1c(-c2cc3ccc(CC(C)C)cc3s2)sc2c(-c3[c-]c4ccccc4c(C(C)(C)C)c3)nccc12.[Ir]. The van der Waals surface area contributed by atoms with E-state index in [1.54, 1.807) is 0 Å². The van der Waals surface area contributed by atoms with E-state index >= 15 is 0 Å². The maximum Gasteiger partial charge on any atom is 0.164 e. The maximum atomic E-state index is 12.2. The zero-order chi connectivity index (χ0) is 39.6. The number of benzene rings is 3. The first-order valence-corrected chi connectivity index (χ1v) is 21.4. The van der Waals surface area contributed by atoms with E-state index in [9.17, 15) is 9.90 Å². The molecule has 1 radical (unpaired) electrons. The van der Waals surface area contributed by atoms with E-state index in [4.69, 9.17) is 4.98 Å². The summed E-state index contributed by atoms with van der Waals surface area (Å²) in [5.74, 6) is 0.951. The number of ketones is 1. The van der Waals surface area contributed by atoms with E-state index < -0.39 is 0 Å². The molecule has 0 amide bonds. The summed E-state index contributed by atoms with van der Waals surface area (Å²) in [6.45, 7) is 25.8. The Morgan fingerprint density at radius 1 is 0.855 bits per heavy atom. The molecule has 0 bridgehead atoms. The van der Waals surface area contributed by atoms with Gasteiger partial charge in [0.05, 0.1) is 0 Å². The fraction of sp³-hybridized carbons (Fsp3) is 0.429. The van der Waals surface area contributed by atoms with E-state index in [0.717, 1.165) is 48.7 Å². The first-order valence-electron chi connectivity index (χ1n) is 19.8. The van der Waals surface area contributed by atoms with Crippen LogP contribution in [-0.2, 0) is 36.7 Å². The van der Waals surface area contributed by atoms with Gasteiger partial charge in [-0.1, -0.05) is 117 Å². The van der Waals surface area contributed by atoms with Crippen molar-refractivity contribution >= 4 is 59.4 Å². The fourth-order valence-electron chi connectivity index (χ4n) is 7.02. The second kappa shape index (κ2) is 18.0. The van der Waals surface area contributed by atoms with E-state index in [1.807, 2.05) is 70.4 Å². The first kappa shape index (κ1) is 44.6. The number of rotatable bonds is 11. The van der Waals surface area contributed by atoms with Crippen LogP contribution in [-0.4, -0.2) is 15.9 Å². The first-order chi connectivity index (χ1) is 25.5. The molecule has 295 valence electrons. The van der Waals surface area contributed by atoms with E-state index in [0.29, 0.717) is 5.92 Å². The number of carbonyl (C=O) groups excluding carboxylic acids is 1. The molecule has 55 heavy (non-hydrogen) atoms. The summed E-state index contributed by atoms with van der Waals surface area (Å²) in [4.78, 5) is 19.8. The number of aliphatic hydroxyl groups is 1. The van der Waals surface area contributed by atoms with Crippen molar-refractivity contribution in [2.45, 2.75) is 121 Å². The number of aryl methyl sites for hydroxylation is 1. The summed E-state index contributed by atoms with van der Waals surface area (Å²) in [6.07, 6.45) is 7.84. The van der Waals surface area contributed by atoms with Crippen LogP contribution >= 0.6 is 22.7 Å². The predicted octanol–water partition coefficient (Wildman–Crippen LogP) is 15.3. The Morgan fingerprint density at radius 3 is 2.13 bits per heavy atom. The van der Waals surface area contributed by atoms with Crippen molar-refractivity contribution in [1.29, 1.82) is 0 Å². The van der Waals surface area contributed by atoms with Gasteiger partial charge in [-0.25, -0.2) is 0 Å². The molecule has 0 saturated heterocycles. The van der Waals surface area contributed by atoms with Crippen LogP contribution in [0.3, 0.4) is 0 Å². The van der Waals surface area contributed by atoms with Crippen molar-refractivity contribution < 1.29 is 30.0 Å². The van der Waals surface area contributed by atoms with Crippen LogP contribution in [0, 0.1) is 29.7 Å². The average Bonchev–Trinajstić information content (AvgIpc) is 3.73. The van der Waals surface area contributed by atoms with Gasteiger partial charge >= 0.3 is 0 Å². The number of pyridine rings is 1. The molecule has 0 saturated carbocycles. The van der Waals surface area contributed by atoms with Crippen LogP contribution in [0.15, 0.2) is 78.7 Å².